The summed E-state index contributed by atoms with van der Waals surface area (Å²) in [5, 5.41) is 34.8. The molecule has 0 aliphatic rings. The van der Waals surface area contributed by atoms with E-state index >= 15 is 0 Å². The normalized spacial score (nSPS) is 14.4. The van der Waals surface area contributed by atoms with Crippen LogP contribution in [0.2, 0.25) is 0 Å². The van der Waals surface area contributed by atoms with E-state index < -0.39 is 59.9 Å². The molecule has 0 heterocycles. The Morgan fingerprint density at radius 2 is 1.18 bits per heavy atom. The van der Waals surface area contributed by atoms with Gasteiger partial charge in [0.15, 0.2) is 18.0 Å². The van der Waals surface area contributed by atoms with E-state index in [4.69, 9.17) is 33.8 Å². The van der Waals surface area contributed by atoms with Crippen LogP contribution >= 0.6 is 0 Å². The highest BCUT2D eigenvalue weighted by Gasteiger charge is 2.31. The number of amides is 3. The van der Waals surface area contributed by atoms with Crippen molar-refractivity contribution in [3.8, 4) is 0 Å². The second kappa shape index (κ2) is 18.1. The molecule has 5 atom stereocenters. The SMILES string of the molecule is CC(O)C(NC(=O)C(CCCN=C(N)N)NC(=O)C(CCCN=C(N)N)NC(=O)C(N)CCC(=O)O)C(=O)O. The quantitative estimate of drug-likeness (QED) is 0.0401. The number of nitrogens with two attached hydrogens (primary N) is 5. The lowest BCUT2D eigenvalue weighted by atomic mass is 10.1. The van der Waals surface area contributed by atoms with Crippen molar-refractivity contribution in [2.24, 2.45) is 38.7 Å². The molecule has 0 bridgehead atoms. The van der Waals surface area contributed by atoms with Gasteiger partial charge >= 0.3 is 11.9 Å². The number of rotatable bonds is 19. The van der Waals surface area contributed by atoms with Gasteiger partial charge in [-0.05, 0) is 39.0 Å². The van der Waals surface area contributed by atoms with Crippen molar-refractivity contribution < 1.29 is 39.3 Å². The predicted molar refractivity (Wildman–Crippen MR) is 140 cm³/mol. The van der Waals surface area contributed by atoms with Gasteiger partial charge in [0, 0.05) is 19.5 Å². The van der Waals surface area contributed by atoms with Crippen molar-refractivity contribution in [3.05, 3.63) is 0 Å². The molecule has 18 heteroatoms. The van der Waals surface area contributed by atoms with Gasteiger partial charge in [-0.2, -0.15) is 0 Å². The van der Waals surface area contributed by atoms with Crippen molar-refractivity contribution in [1.29, 1.82) is 0 Å². The number of carboxylic acid groups (broad SMARTS) is 2. The molecule has 0 radical (unpaired) electrons. The summed E-state index contributed by atoms with van der Waals surface area (Å²) < 4.78 is 0. The molecule has 0 rings (SSSR count). The first kappa shape index (κ1) is 34.8. The Kier molecular flexibility index (Phi) is 16.2. The van der Waals surface area contributed by atoms with Crippen molar-refractivity contribution in [2.45, 2.75) is 75.7 Å². The number of aliphatic hydroxyl groups is 1. The maximum Gasteiger partial charge on any atom is 0.328 e. The van der Waals surface area contributed by atoms with Gasteiger partial charge in [0.25, 0.3) is 0 Å². The monoisotopic (exact) mass is 560 g/mol. The number of carbonyl (C=O) groups is 5. The first-order valence-electron chi connectivity index (χ1n) is 12.1. The summed E-state index contributed by atoms with van der Waals surface area (Å²) in [5.74, 6) is -5.55. The molecular formula is C21H40N10O8. The summed E-state index contributed by atoms with van der Waals surface area (Å²) in [7, 11) is 0. The summed E-state index contributed by atoms with van der Waals surface area (Å²) in [6.07, 6.45) is -1.60. The van der Waals surface area contributed by atoms with E-state index in [0.29, 0.717) is 0 Å². The van der Waals surface area contributed by atoms with E-state index in [9.17, 15) is 34.2 Å². The Labute approximate surface area is 224 Å². The van der Waals surface area contributed by atoms with Gasteiger partial charge < -0.3 is 59.9 Å². The lowest BCUT2D eigenvalue weighted by molar-refractivity contribution is -0.145. The molecular weight excluding hydrogens is 520 g/mol. The van der Waals surface area contributed by atoms with Crippen molar-refractivity contribution >= 4 is 41.6 Å². The molecule has 0 fully saturated rings. The minimum atomic E-state index is -1.66. The van der Waals surface area contributed by atoms with E-state index in [2.05, 4.69) is 25.9 Å². The van der Waals surface area contributed by atoms with Gasteiger partial charge in [0.1, 0.15) is 12.1 Å². The predicted octanol–water partition coefficient (Wildman–Crippen LogP) is -4.79. The Bertz CT molecular complexity index is 903. The van der Waals surface area contributed by atoms with Crippen molar-refractivity contribution in [2.75, 3.05) is 13.1 Å². The van der Waals surface area contributed by atoms with E-state index in [1.807, 2.05) is 0 Å². The average Bonchev–Trinajstić information content (AvgIpc) is 2.83. The number of hydrogen-bond donors (Lipinski definition) is 11. The maximum atomic E-state index is 13.1. The number of guanidine groups is 2. The molecule has 0 spiro atoms. The van der Waals surface area contributed by atoms with Crippen LogP contribution in [0.5, 0.6) is 0 Å². The highest BCUT2D eigenvalue weighted by Crippen LogP contribution is 2.06. The molecule has 0 saturated heterocycles. The smallest absolute Gasteiger partial charge is 0.328 e. The van der Waals surface area contributed by atoms with Crippen LogP contribution in [0, 0.1) is 0 Å². The Morgan fingerprint density at radius 1 is 0.744 bits per heavy atom. The van der Waals surface area contributed by atoms with E-state index in [-0.39, 0.29) is 63.5 Å². The molecule has 0 saturated carbocycles. The number of aliphatic imine (C=N–C) groups is 2. The number of carboxylic acids is 2. The second-order valence-corrected chi connectivity index (χ2v) is 8.62. The number of nitrogens with zero attached hydrogens (tertiary/aromatic N) is 2. The van der Waals surface area contributed by atoms with Crippen LogP contribution < -0.4 is 44.6 Å². The number of aliphatic carboxylic acids is 2. The highest BCUT2D eigenvalue weighted by atomic mass is 16.4. The Morgan fingerprint density at radius 3 is 1.56 bits per heavy atom. The van der Waals surface area contributed by atoms with E-state index in [0.717, 1.165) is 0 Å². The Hall–Kier alpha value is -4.19. The molecule has 0 aliphatic carbocycles. The molecule has 18 nitrogen and oxygen atoms in total. The summed E-state index contributed by atoms with van der Waals surface area (Å²) >= 11 is 0. The lowest BCUT2D eigenvalue weighted by Crippen LogP contribution is -2.58. The standard InChI is InChI=1S/C21H40N10O8/c1-10(32)15(19(38)39)31-18(37)13(5-3-9-28-21(25)26)30-17(36)12(4-2-8-27-20(23)24)29-16(35)11(22)6-7-14(33)34/h10-13,15,32H,2-9,22H2,1H3,(H,29,35)(H,30,36)(H,31,37)(H,33,34)(H,38,39)(H4,23,24,27)(H4,25,26,28). The molecule has 3 amide bonds. The fourth-order valence-electron chi connectivity index (χ4n) is 3.15. The van der Waals surface area contributed by atoms with Crippen LogP contribution in [0.25, 0.3) is 0 Å². The van der Waals surface area contributed by atoms with Crippen molar-refractivity contribution in [3.63, 3.8) is 0 Å². The zero-order chi connectivity index (χ0) is 30.1. The number of hydrogen-bond acceptors (Lipinski definition) is 9. The first-order valence-corrected chi connectivity index (χ1v) is 12.1. The summed E-state index contributed by atoms with van der Waals surface area (Å²) in [5.41, 5.74) is 26.9. The third kappa shape index (κ3) is 15.6. The topological polar surface area (TPSA) is 337 Å². The fourth-order valence-corrected chi connectivity index (χ4v) is 3.15. The largest absolute Gasteiger partial charge is 0.481 e. The zero-order valence-electron chi connectivity index (χ0n) is 21.7. The van der Waals surface area contributed by atoms with Gasteiger partial charge in [0.05, 0.1) is 12.1 Å². The third-order valence-electron chi connectivity index (χ3n) is 5.21. The van der Waals surface area contributed by atoms with Gasteiger partial charge in [-0.1, -0.05) is 0 Å². The number of nitrogens with one attached hydrogen (secondary N) is 3. The van der Waals surface area contributed by atoms with E-state index in [1.165, 1.54) is 6.92 Å². The van der Waals surface area contributed by atoms with Crippen LogP contribution in [-0.2, 0) is 24.0 Å². The van der Waals surface area contributed by atoms with Crippen LogP contribution in [0.15, 0.2) is 9.98 Å². The van der Waals surface area contributed by atoms with Crippen LogP contribution in [-0.4, -0.2) is 100 Å². The maximum absolute atomic E-state index is 13.1. The number of carbonyl (C=O) groups excluding carboxylic acids is 3. The van der Waals surface area contributed by atoms with Crippen LogP contribution in [0.1, 0.15) is 45.4 Å². The van der Waals surface area contributed by atoms with Gasteiger partial charge in [-0.3, -0.25) is 29.2 Å². The molecule has 0 aromatic carbocycles. The molecule has 0 aromatic rings. The fraction of sp³-hybridized carbons (Fsp3) is 0.667. The minimum Gasteiger partial charge on any atom is -0.481 e. The second-order valence-electron chi connectivity index (χ2n) is 8.62. The highest BCUT2D eigenvalue weighted by molar-refractivity contribution is 5.94. The summed E-state index contributed by atoms with van der Waals surface area (Å²) in [6, 6.07) is -5.42. The zero-order valence-corrected chi connectivity index (χ0v) is 21.7. The molecule has 16 N–H and O–H groups in total. The summed E-state index contributed by atoms with van der Waals surface area (Å²) in [4.78, 5) is 68.3. The molecule has 222 valence electrons. The van der Waals surface area contributed by atoms with Gasteiger partial charge in [0.2, 0.25) is 17.7 Å². The van der Waals surface area contributed by atoms with E-state index in [1.54, 1.807) is 0 Å². The average molecular weight is 561 g/mol. The third-order valence-corrected chi connectivity index (χ3v) is 5.21. The molecule has 0 aliphatic heterocycles. The first-order chi connectivity index (χ1) is 18.1. The van der Waals surface area contributed by atoms with Crippen molar-refractivity contribution in [1.82, 2.24) is 16.0 Å². The van der Waals surface area contributed by atoms with Crippen LogP contribution in [0.4, 0.5) is 0 Å². The number of aliphatic hydroxyl groups excluding tert-OH is 1. The Balaban J connectivity index is 5.74. The summed E-state index contributed by atoms with van der Waals surface area (Å²) in [6.45, 7) is 1.38. The van der Waals surface area contributed by atoms with Gasteiger partial charge in [-0.15, -0.1) is 0 Å². The molecule has 5 unspecified atom stereocenters. The van der Waals surface area contributed by atoms with Gasteiger partial charge in [-0.25, -0.2) is 4.79 Å². The lowest BCUT2D eigenvalue weighted by Gasteiger charge is -2.25. The minimum absolute atomic E-state index is 0.00771. The molecule has 0 aromatic heterocycles. The molecule has 39 heavy (non-hydrogen) atoms. The van der Waals surface area contributed by atoms with Crippen LogP contribution in [0.3, 0.4) is 0 Å².